The fourth-order valence-electron chi connectivity index (χ4n) is 3.25. The number of amidine groups is 1. The summed E-state index contributed by atoms with van der Waals surface area (Å²) in [6.07, 6.45) is 1.64. The summed E-state index contributed by atoms with van der Waals surface area (Å²) in [7, 11) is 3.10. The number of anilines is 1. The molecule has 4 rings (SSSR count). The van der Waals surface area contributed by atoms with Crippen LogP contribution >= 0.6 is 11.6 Å². The van der Waals surface area contributed by atoms with E-state index in [0.717, 1.165) is 0 Å². The van der Waals surface area contributed by atoms with Gasteiger partial charge in [0.25, 0.3) is 5.91 Å². The van der Waals surface area contributed by atoms with Crippen LogP contribution in [0.5, 0.6) is 11.5 Å². The average Bonchev–Trinajstić information content (AvgIpc) is 3.10. The first-order valence-electron chi connectivity index (χ1n) is 9.39. The standard InChI is InChI=1S/C24H18ClFN2O3/c1-30-18-12-7-15(22(14-18)31-2)13-21-24(29)28(17-10-8-16(26)9-11-17)23(27-21)19-5-3-4-6-20(19)25/h3-14H,1-2H3/b21-13+. The molecule has 0 saturated carbocycles. The van der Waals surface area contributed by atoms with Gasteiger partial charge in [-0.2, -0.15) is 0 Å². The lowest BCUT2D eigenvalue weighted by Gasteiger charge is -2.19. The molecule has 156 valence electrons. The number of hydrogen-bond acceptors (Lipinski definition) is 4. The highest BCUT2D eigenvalue weighted by Gasteiger charge is 2.33. The molecule has 0 fully saturated rings. The van der Waals surface area contributed by atoms with E-state index in [-0.39, 0.29) is 11.6 Å². The number of halogens is 2. The topological polar surface area (TPSA) is 51.1 Å². The van der Waals surface area contributed by atoms with Gasteiger partial charge in [0.05, 0.1) is 24.9 Å². The first-order chi connectivity index (χ1) is 15.0. The Morgan fingerprint density at radius 2 is 1.74 bits per heavy atom. The molecule has 1 amide bonds. The normalized spacial score (nSPS) is 14.7. The molecule has 1 aliphatic rings. The van der Waals surface area contributed by atoms with Gasteiger partial charge in [-0.25, -0.2) is 9.38 Å². The van der Waals surface area contributed by atoms with Gasteiger partial charge in [0.2, 0.25) is 0 Å². The van der Waals surface area contributed by atoms with Crippen LogP contribution in [-0.2, 0) is 4.79 Å². The van der Waals surface area contributed by atoms with E-state index in [1.807, 2.05) is 6.07 Å². The van der Waals surface area contributed by atoms with Crippen molar-refractivity contribution in [2.75, 3.05) is 19.1 Å². The van der Waals surface area contributed by atoms with Gasteiger partial charge in [-0.3, -0.25) is 9.69 Å². The molecular weight excluding hydrogens is 419 g/mol. The average molecular weight is 437 g/mol. The van der Waals surface area contributed by atoms with Crippen LogP contribution in [0.4, 0.5) is 10.1 Å². The molecule has 0 saturated heterocycles. The number of aliphatic imine (C=N–C) groups is 1. The maximum atomic E-state index is 13.5. The summed E-state index contributed by atoms with van der Waals surface area (Å²) < 4.78 is 24.1. The summed E-state index contributed by atoms with van der Waals surface area (Å²) in [5.41, 5.74) is 1.93. The fourth-order valence-corrected chi connectivity index (χ4v) is 3.47. The minimum absolute atomic E-state index is 0.197. The number of benzene rings is 3. The molecule has 0 aliphatic carbocycles. The lowest BCUT2D eigenvalue weighted by molar-refractivity contribution is -0.113. The van der Waals surface area contributed by atoms with E-state index in [1.54, 1.807) is 49.6 Å². The van der Waals surface area contributed by atoms with Crippen LogP contribution < -0.4 is 14.4 Å². The molecule has 7 heteroatoms. The van der Waals surface area contributed by atoms with Gasteiger partial charge in [0.15, 0.2) is 0 Å². The van der Waals surface area contributed by atoms with Crippen LogP contribution in [0.25, 0.3) is 6.08 Å². The number of carbonyl (C=O) groups is 1. The van der Waals surface area contributed by atoms with E-state index >= 15 is 0 Å². The van der Waals surface area contributed by atoms with Gasteiger partial charge in [0, 0.05) is 17.2 Å². The molecule has 3 aromatic carbocycles. The maximum Gasteiger partial charge on any atom is 0.282 e. The van der Waals surface area contributed by atoms with Crippen molar-refractivity contribution in [3.8, 4) is 11.5 Å². The van der Waals surface area contributed by atoms with Crippen LogP contribution in [0.1, 0.15) is 11.1 Å². The van der Waals surface area contributed by atoms with Crippen LogP contribution in [-0.4, -0.2) is 26.0 Å². The minimum atomic E-state index is -0.398. The first-order valence-corrected chi connectivity index (χ1v) is 9.77. The second kappa shape index (κ2) is 8.62. The highest BCUT2D eigenvalue weighted by atomic mass is 35.5. The Morgan fingerprint density at radius 3 is 2.42 bits per heavy atom. The smallest absolute Gasteiger partial charge is 0.282 e. The summed E-state index contributed by atoms with van der Waals surface area (Å²) in [5, 5.41) is 0.449. The Hall–Kier alpha value is -3.64. The molecule has 31 heavy (non-hydrogen) atoms. The minimum Gasteiger partial charge on any atom is -0.497 e. The van der Waals surface area contributed by atoms with E-state index in [9.17, 15) is 9.18 Å². The van der Waals surface area contributed by atoms with Crippen molar-refractivity contribution in [2.24, 2.45) is 4.99 Å². The van der Waals surface area contributed by atoms with E-state index in [0.29, 0.717) is 39.2 Å². The van der Waals surface area contributed by atoms with Crippen LogP contribution in [0, 0.1) is 5.82 Å². The number of rotatable bonds is 5. The van der Waals surface area contributed by atoms with Gasteiger partial charge in [0.1, 0.15) is 28.8 Å². The van der Waals surface area contributed by atoms with Gasteiger partial charge >= 0.3 is 0 Å². The quantitative estimate of drug-likeness (QED) is 0.508. The predicted molar refractivity (Wildman–Crippen MR) is 119 cm³/mol. The Bertz CT molecular complexity index is 1210. The van der Waals surface area contributed by atoms with E-state index < -0.39 is 5.82 Å². The summed E-state index contributed by atoms with van der Waals surface area (Å²) in [6.45, 7) is 0. The fraction of sp³-hybridized carbons (Fsp3) is 0.0833. The third-order valence-electron chi connectivity index (χ3n) is 4.79. The molecular formula is C24H18ClFN2O3. The van der Waals surface area contributed by atoms with Crippen molar-refractivity contribution in [2.45, 2.75) is 0 Å². The second-order valence-corrected chi connectivity index (χ2v) is 7.08. The molecule has 0 aromatic heterocycles. The highest BCUT2D eigenvalue weighted by molar-refractivity contribution is 6.39. The van der Waals surface area contributed by atoms with E-state index in [2.05, 4.69) is 4.99 Å². The number of nitrogens with zero attached hydrogens (tertiary/aromatic N) is 2. The first kappa shape index (κ1) is 20.6. The SMILES string of the molecule is COc1ccc(/C=C2/N=C(c3ccccc3Cl)N(c3ccc(F)cc3)C2=O)c(OC)c1. The molecule has 0 unspecified atom stereocenters. The lowest BCUT2D eigenvalue weighted by Crippen LogP contribution is -2.32. The molecule has 0 bridgehead atoms. The molecule has 3 aromatic rings. The number of hydrogen-bond donors (Lipinski definition) is 0. The number of ether oxygens (including phenoxy) is 2. The third-order valence-corrected chi connectivity index (χ3v) is 5.12. The number of methoxy groups -OCH3 is 2. The zero-order valence-corrected chi connectivity index (χ0v) is 17.6. The lowest BCUT2D eigenvalue weighted by atomic mass is 10.1. The second-order valence-electron chi connectivity index (χ2n) is 6.67. The summed E-state index contributed by atoms with van der Waals surface area (Å²) in [4.78, 5) is 19.4. The predicted octanol–water partition coefficient (Wildman–Crippen LogP) is 5.33. The Balaban J connectivity index is 1.85. The Morgan fingerprint density at radius 1 is 1.00 bits per heavy atom. The molecule has 1 aliphatic heterocycles. The molecule has 0 spiro atoms. The molecule has 5 nitrogen and oxygen atoms in total. The van der Waals surface area contributed by atoms with Crippen LogP contribution in [0.15, 0.2) is 77.4 Å². The van der Waals surface area contributed by atoms with Gasteiger partial charge < -0.3 is 9.47 Å². The van der Waals surface area contributed by atoms with Gasteiger partial charge in [-0.1, -0.05) is 23.7 Å². The van der Waals surface area contributed by atoms with Crippen molar-refractivity contribution >= 4 is 35.1 Å². The molecule has 0 radical (unpaired) electrons. The van der Waals surface area contributed by atoms with E-state index in [4.69, 9.17) is 21.1 Å². The van der Waals surface area contributed by atoms with Gasteiger partial charge in [-0.15, -0.1) is 0 Å². The maximum absolute atomic E-state index is 13.5. The summed E-state index contributed by atoms with van der Waals surface area (Å²) in [5.74, 6) is 0.769. The van der Waals surface area contributed by atoms with Crippen LogP contribution in [0.2, 0.25) is 5.02 Å². The van der Waals surface area contributed by atoms with Crippen molar-refractivity contribution in [1.29, 1.82) is 0 Å². The highest BCUT2D eigenvalue weighted by Crippen LogP contribution is 2.32. The molecule has 1 heterocycles. The van der Waals surface area contributed by atoms with Crippen molar-refractivity contribution in [1.82, 2.24) is 0 Å². The van der Waals surface area contributed by atoms with Crippen molar-refractivity contribution in [3.05, 3.63) is 94.4 Å². The summed E-state index contributed by atoms with van der Waals surface area (Å²) >= 11 is 6.39. The van der Waals surface area contributed by atoms with Crippen LogP contribution in [0.3, 0.4) is 0 Å². The number of carbonyl (C=O) groups excluding carboxylic acids is 1. The Kier molecular flexibility index (Phi) is 5.73. The van der Waals surface area contributed by atoms with Crippen molar-refractivity contribution < 1.29 is 18.7 Å². The monoisotopic (exact) mass is 436 g/mol. The Labute approximate surface area is 184 Å². The molecule has 0 atom stereocenters. The van der Waals surface area contributed by atoms with Crippen molar-refractivity contribution in [3.63, 3.8) is 0 Å². The zero-order chi connectivity index (χ0) is 22.0. The third kappa shape index (κ3) is 4.02. The number of amides is 1. The summed E-state index contributed by atoms with van der Waals surface area (Å²) in [6, 6.07) is 18.0. The molecule has 0 N–H and O–H groups in total. The van der Waals surface area contributed by atoms with Gasteiger partial charge in [-0.05, 0) is 54.6 Å². The zero-order valence-electron chi connectivity index (χ0n) is 16.8. The van der Waals surface area contributed by atoms with E-state index in [1.165, 1.54) is 36.3 Å². The largest absolute Gasteiger partial charge is 0.497 e.